The predicted molar refractivity (Wildman–Crippen MR) is 85.3 cm³/mol. The van der Waals surface area contributed by atoms with Crippen LogP contribution in [0.25, 0.3) is 0 Å². The molecule has 0 saturated carbocycles. The zero-order valence-corrected chi connectivity index (χ0v) is 13.3. The Bertz CT molecular complexity index is 674. The van der Waals surface area contributed by atoms with Gasteiger partial charge in [-0.2, -0.15) is 0 Å². The predicted octanol–water partition coefficient (Wildman–Crippen LogP) is 2.26. The quantitative estimate of drug-likeness (QED) is 0.861. The molecule has 0 spiro atoms. The maximum absolute atomic E-state index is 12.7. The maximum atomic E-state index is 12.7. The van der Waals surface area contributed by atoms with Crippen LogP contribution in [0.4, 0.5) is 0 Å². The van der Waals surface area contributed by atoms with Crippen molar-refractivity contribution in [1.82, 2.24) is 9.88 Å². The van der Waals surface area contributed by atoms with Gasteiger partial charge in [0.05, 0.1) is 25.5 Å². The van der Waals surface area contributed by atoms with Gasteiger partial charge < -0.3 is 18.8 Å². The van der Waals surface area contributed by atoms with Crippen LogP contribution < -0.4 is 0 Å². The number of amides is 1. The van der Waals surface area contributed by atoms with E-state index in [4.69, 9.17) is 13.9 Å². The van der Waals surface area contributed by atoms with Gasteiger partial charge in [-0.15, -0.1) is 0 Å². The Labute approximate surface area is 140 Å². The van der Waals surface area contributed by atoms with Gasteiger partial charge in [-0.1, -0.05) is 6.07 Å². The Hall–Kier alpha value is -2.18. The molecule has 4 rings (SSSR count). The third-order valence-electron chi connectivity index (χ3n) is 4.66. The summed E-state index contributed by atoms with van der Waals surface area (Å²) in [6.07, 6.45) is 6.74. The van der Waals surface area contributed by atoms with E-state index < -0.39 is 0 Å². The molecule has 2 aliphatic heterocycles. The summed E-state index contributed by atoms with van der Waals surface area (Å²) in [5.41, 5.74) is 1.01. The number of carbonyl (C=O) groups excluding carboxylic acids is 1. The zero-order chi connectivity index (χ0) is 16.4. The molecule has 0 unspecified atom stereocenters. The SMILES string of the molecule is O=C(c1ccco1)N1C[C@H](OCc2cccnc2)[C@H]2OCCC[C@H]21. The van der Waals surface area contributed by atoms with Gasteiger partial charge in [0.2, 0.25) is 0 Å². The number of rotatable bonds is 4. The van der Waals surface area contributed by atoms with Crippen molar-refractivity contribution < 1.29 is 18.7 Å². The van der Waals surface area contributed by atoms with Gasteiger partial charge >= 0.3 is 0 Å². The number of furan rings is 1. The molecule has 0 radical (unpaired) electrons. The molecule has 24 heavy (non-hydrogen) atoms. The third kappa shape index (κ3) is 2.95. The molecular weight excluding hydrogens is 308 g/mol. The zero-order valence-electron chi connectivity index (χ0n) is 13.3. The van der Waals surface area contributed by atoms with Gasteiger partial charge in [0.1, 0.15) is 12.2 Å². The lowest BCUT2D eigenvalue weighted by molar-refractivity contribution is -0.0810. The van der Waals surface area contributed by atoms with E-state index in [0.29, 0.717) is 18.9 Å². The minimum atomic E-state index is -0.130. The molecule has 0 aliphatic carbocycles. The average Bonchev–Trinajstić information content (AvgIpc) is 3.29. The van der Waals surface area contributed by atoms with Crippen LogP contribution in [0.3, 0.4) is 0 Å². The molecular formula is C18H20N2O4. The van der Waals surface area contributed by atoms with E-state index in [0.717, 1.165) is 25.0 Å². The van der Waals surface area contributed by atoms with E-state index in [1.54, 1.807) is 24.5 Å². The number of fused-ring (bicyclic) bond motifs is 1. The van der Waals surface area contributed by atoms with E-state index in [-0.39, 0.29) is 24.2 Å². The van der Waals surface area contributed by atoms with Crippen LogP contribution in [0.2, 0.25) is 0 Å². The number of aromatic nitrogens is 1. The first-order valence-electron chi connectivity index (χ1n) is 8.29. The van der Waals surface area contributed by atoms with Crippen molar-refractivity contribution in [2.75, 3.05) is 13.2 Å². The fourth-order valence-corrected chi connectivity index (χ4v) is 3.52. The van der Waals surface area contributed by atoms with Crippen molar-refractivity contribution >= 4 is 5.91 Å². The van der Waals surface area contributed by atoms with Crippen molar-refractivity contribution in [3.05, 3.63) is 54.2 Å². The van der Waals surface area contributed by atoms with Gasteiger partial charge in [-0.25, -0.2) is 0 Å². The van der Waals surface area contributed by atoms with Crippen LogP contribution in [0.1, 0.15) is 29.0 Å². The Balaban J connectivity index is 1.48. The monoisotopic (exact) mass is 328 g/mol. The molecule has 6 nitrogen and oxygen atoms in total. The smallest absolute Gasteiger partial charge is 0.289 e. The summed E-state index contributed by atoms with van der Waals surface area (Å²) in [5.74, 6) is 0.278. The molecule has 0 aromatic carbocycles. The van der Waals surface area contributed by atoms with Gasteiger partial charge in [0.15, 0.2) is 5.76 Å². The third-order valence-corrected chi connectivity index (χ3v) is 4.66. The van der Waals surface area contributed by atoms with E-state index in [1.165, 1.54) is 6.26 Å². The molecule has 2 fully saturated rings. The number of carbonyl (C=O) groups is 1. The van der Waals surface area contributed by atoms with E-state index in [9.17, 15) is 4.79 Å². The first kappa shape index (κ1) is 15.4. The number of hydrogen-bond donors (Lipinski definition) is 0. The van der Waals surface area contributed by atoms with E-state index >= 15 is 0 Å². The van der Waals surface area contributed by atoms with Gasteiger partial charge in [0, 0.05) is 19.0 Å². The van der Waals surface area contributed by atoms with Crippen LogP contribution >= 0.6 is 0 Å². The van der Waals surface area contributed by atoms with Crippen LogP contribution in [0, 0.1) is 0 Å². The standard InChI is InChI=1S/C18H20N2O4/c21-18(15-6-3-8-22-15)20-11-16(17-14(20)5-2-9-23-17)24-12-13-4-1-7-19-10-13/h1,3-4,6-8,10,14,16-17H,2,5,9,11-12H2/t14-,16+,17+/m1/s1. The Morgan fingerprint density at radius 3 is 3.12 bits per heavy atom. The molecule has 0 bridgehead atoms. The number of pyridine rings is 1. The molecule has 2 saturated heterocycles. The number of hydrogen-bond acceptors (Lipinski definition) is 5. The average molecular weight is 328 g/mol. The highest BCUT2D eigenvalue weighted by atomic mass is 16.5. The van der Waals surface area contributed by atoms with Gasteiger partial charge in [-0.3, -0.25) is 9.78 Å². The summed E-state index contributed by atoms with van der Waals surface area (Å²) >= 11 is 0. The van der Waals surface area contributed by atoms with Gasteiger partial charge in [-0.05, 0) is 36.6 Å². The molecule has 2 aliphatic rings. The molecule has 2 aromatic heterocycles. The number of nitrogens with zero attached hydrogens (tertiary/aromatic N) is 2. The molecule has 6 heteroatoms. The fraction of sp³-hybridized carbons (Fsp3) is 0.444. The first-order chi connectivity index (χ1) is 11.8. The molecule has 2 aromatic rings. The largest absolute Gasteiger partial charge is 0.459 e. The topological polar surface area (TPSA) is 64.8 Å². The summed E-state index contributed by atoms with van der Waals surface area (Å²) in [7, 11) is 0. The highest BCUT2D eigenvalue weighted by molar-refractivity contribution is 5.92. The summed E-state index contributed by atoms with van der Waals surface area (Å²) < 4.78 is 17.3. The summed E-state index contributed by atoms with van der Waals surface area (Å²) in [5, 5.41) is 0. The summed E-state index contributed by atoms with van der Waals surface area (Å²) in [6, 6.07) is 7.35. The Kier molecular flexibility index (Phi) is 4.32. The second kappa shape index (κ2) is 6.75. The normalized spacial score (nSPS) is 26.3. The first-order valence-corrected chi connectivity index (χ1v) is 8.29. The van der Waals surface area contributed by atoms with Crippen LogP contribution in [0.15, 0.2) is 47.3 Å². The highest BCUT2D eigenvalue weighted by Crippen LogP contribution is 2.32. The second-order valence-corrected chi connectivity index (χ2v) is 6.19. The van der Waals surface area contributed by atoms with Crippen molar-refractivity contribution in [2.24, 2.45) is 0 Å². The minimum Gasteiger partial charge on any atom is -0.459 e. The lowest BCUT2D eigenvalue weighted by atomic mass is 10.0. The Morgan fingerprint density at radius 1 is 1.38 bits per heavy atom. The molecule has 0 N–H and O–H groups in total. The van der Waals surface area contributed by atoms with Crippen LogP contribution in [0.5, 0.6) is 0 Å². The summed E-state index contributed by atoms with van der Waals surface area (Å²) in [6.45, 7) is 1.71. The molecule has 3 atom stereocenters. The van der Waals surface area contributed by atoms with Crippen molar-refractivity contribution in [3.8, 4) is 0 Å². The Morgan fingerprint density at radius 2 is 2.33 bits per heavy atom. The maximum Gasteiger partial charge on any atom is 0.289 e. The van der Waals surface area contributed by atoms with Crippen molar-refractivity contribution in [1.29, 1.82) is 0 Å². The van der Waals surface area contributed by atoms with E-state index in [2.05, 4.69) is 4.98 Å². The van der Waals surface area contributed by atoms with Crippen LogP contribution in [-0.4, -0.2) is 47.2 Å². The second-order valence-electron chi connectivity index (χ2n) is 6.19. The molecule has 4 heterocycles. The molecule has 1 amide bonds. The fourth-order valence-electron chi connectivity index (χ4n) is 3.52. The summed E-state index contributed by atoms with van der Waals surface area (Å²) in [4.78, 5) is 18.6. The lowest BCUT2D eigenvalue weighted by Gasteiger charge is -2.31. The number of ether oxygens (including phenoxy) is 2. The van der Waals surface area contributed by atoms with E-state index in [1.807, 2.05) is 17.0 Å². The lowest BCUT2D eigenvalue weighted by Crippen LogP contribution is -2.43. The number of likely N-dealkylation sites (tertiary alicyclic amines) is 1. The van der Waals surface area contributed by atoms with Crippen molar-refractivity contribution in [3.63, 3.8) is 0 Å². The highest BCUT2D eigenvalue weighted by Gasteiger charge is 2.47. The van der Waals surface area contributed by atoms with Crippen LogP contribution in [-0.2, 0) is 16.1 Å². The molecule has 126 valence electrons. The van der Waals surface area contributed by atoms with Crippen molar-refractivity contribution in [2.45, 2.75) is 37.7 Å². The minimum absolute atomic E-state index is 0.0512. The van der Waals surface area contributed by atoms with Gasteiger partial charge in [0.25, 0.3) is 5.91 Å².